The van der Waals surface area contributed by atoms with Gasteiger partial charge in [-0.2, -0.15) is 8.78 Å². The molecule has 1 aliphatic rings. The molecule has 0 saturated carbocycles. The first kappa shape index (κ1) is 20.8. The summed E-state index contributed by atoms with van der Waals surface area (Å²) in [5.74, 6) is -0.570. The van der Waals surface area contributed by atoms with Gasteiger partial charge in [0.25, 0.3) is 0 Å². The maximum Gasteiger partial charge on any atom is 0.387 e. The van der Waals surface area contributed by atoms with Gasteiger partial charge in [0.1, 0.15) is 5.75 Å². The summed E-state index contributed by atoms with van der Waals surface area (Å²) in [7, 11) is 1.68. The first-order valence-electron chi connectivity index (χ1n) is 8.46. The van der Waals surface area contributed by atoms with E-state index in [4.69, 9.17) is 23.2 Å². The SMILES string of the molecule is CN(CC(=O)Nc1ccccc1OC(F)F)[C@H]1c2cc(Cl)cc(Cl)c2C[C@@H]1O. The summed E-state index contributed by atoms with van der Waals surface area (Å²) in [6.45, 7) is -3.09. The zero-order valence-corrected chi connectivity index (χ0v) is 16.3. The molecule has 2 atom stereocenters. The molecular weight excluding hydrogens is 413 g/mol. The number of hydrogen-bond donors (Lipinski definition) is 2. The van der Waals surface area contributed by atoms with Crippen molar-refractivity contribution >= 4 is 34.8 Å². The lowest BCUT2D eigenvalue weighted by Gasteiger charge is -2.27. The van der Waals surface area contributed by atoms with E-state index in [1.54, 1.807) is 30.1 Å². The van der Waals surface area contributed by atoms with Crippen molar-refractivity contribution in [1.29, 1.82) is 0 Å². The number of carbonyl (C=O) groups excluding carboxylic acids is 1. The Morgan fingerprint density at radius 3 is 2.79 bits per heavy atom. The van der Waals surface area contributed by atoms with Gasteiger partial charge in [-0.1, -0.05) is 35.3 Å². The highest BCUT2D eigenvalue weighted by Crippen LogP contribution is 2.40. The molecule has 1 amide bonds. The van der Waals surface area contributed by atoms with Crippen molar-refractivity contribution in [2.75, 3.05) is 18.9 Å². The summed E-state index contributed by atoms with van der Waals surface area (Å²) in [6, 6.07) is 8.80. The van der Waals surface area contributed by atoms with Crippen LogP contribution in [-0.4, -0.2) is 42.2 Å². The number of rotatable bonds is 6. The Bertz CT molecular complexity index is 882. The topological polar surface area (TPSA) is 61.8 Å². The smallest absolute Gasteiger partial charge is 0.387 e. The monoisotopic (exact) mass is 430 g/mol. The second-order valence-corrected chi connectivity index (χ2v) is 7.35. The van der Waals surface area contributed by atoms with E-state index in [0.29, 0.717) is 16.5 Å². The Hall–Kier alpha value is -1.93. The maximum atomic E-state index is 12.5. The van der Waals surface area contributed by atoms with Crippen molar-refractivity contribution < 1.29 is 23.4 Å². The summed E-state index contributed by atoms with van der Waals surface area (Å²) in [5, 5.41) is 13.9. The molecule has 28 heavy (non-hydrogen) atoms. The molecule has 2 aromatic rings. The number of nitrogens with one attached hydrogen (secondary N) is 1. The molecule has 2 N–H and O–H groups in total. The van der Waals surface area contributed by atoms with Gasteiger partial charge in [0.05, 0.1) is 24.4 Å². The highest BCUT2D eigenvalue weighted by atomic mass is 35.5. The molecule has 2 aromatic carbocycles. The number of nitrogens with zero attached hydrogens (tertiary/aromatic N) is 1. The molecule has 3 rings (SSSR count). The predicted molar refractivity (Wildman–Crippen MR) is 103 cm³/mol. The van der Waals surface area contributed by atoms with Crippen LogP contribution in [0.3, 0.4) is 0 Å². The number of halogens is 4. The van der Waals surface area contributed by atoms with E-state index in [0.717, 1.165) is 11.1 Å². The molecule has 150 valence electrons. The lowest BCUT2D eigenvalue weighted by Crippen LogP contribution is -2.37. The van der Waals surface area contributed by atoms with Crippen molar-refractivity contribution in [2.45, 2.75) is 25.2 Å². The molecular formula is C19H18Cl2F2N2O3. The number of likely N-dealkylation sites (N-methyl/N-ethyl adjacent to an activating group) is 1. The molecule has 0 aliphatic heterocycles. The fraction of sp³-hybridized carbons (Fsp3) is 0.316. The van der Waals surface area contributed by atoms with Crippen LogP contribution in [0.25, 0.3) is 0 Å². The number of alkyl halides is 2. The van der Waals surface area contributed by atoms with E-state index in [2.05, 4.69) is 10.1 Å². The fourth-order valence-corrected chi connectivity index (χ4v) is 4.03. The van der Waals surface area contributed by atoms with Crippen molar-refractivity contribution in [3.63, 3.8) is 0 Å². The number of carbonyl (C=O) groups is 1. The summed E-state index contributed by atoms with van der Waals surface area (Å²) in [5.41, 5.74) is 1.70. The average molecular weight is 431 g/mol. The van der Waals surface area contributed by atoms with Crippen LogP contribution in [0.2, 0.25) is 10.0 Å². The molecule has 0 spiro atoms. The zero-order chi connectivity index (χ0) is 20.4. The molecule has 5 nitrogen and oxygen atoms in total. The number of para-hydroxylation sites is 2. The largest absolute Gasteiger partial charge is 0.433 e. The quantitative estimate of drug-likeness (QED) is 0.723. The Labute approximate surface area is 170 Å². The van der Waals surface area contributed by atoms with Gasteiger partial charge < -0.3 is 15.2 Å². The normalized spacial score (nSPS) is 18.4. The Kier molecular flexibility index (Phi) is 6.40. The number of hydrogen-bond acceptors (Lipinski definition) is 4. The molecule has 0 saturated heterocycles. The van der Waals surface area contributed by atoms with E-state index in [9.17, 15) is 18.7 Å². The first-order chi connectivity index (χ1) is 13.3. The first-order valence-corrected chi connectivity index (χ1v) is 9.21. The van der Waals surface area contributed by atoms with E-state index < -0.39 is 24.7 Å². The van der Waals surface area contributed by atoms with Crippen LogP contribution in [0.1, 0.15) is 17.2 Å². The lowest BCUT2D eigenvalue weighted by molar-refractivity contribution is -0.118. The minimum atomic E-state index is -3.00. The Morgan fingerprint density at radius 1 is 1.36 bits per heavy atom. The molecule has 9 heteroatoms. The second-order valence-electron chi connectivity index (χ2n) is 6.51. The van der Waals surface area contributed by atoms with Crippen molar-refractivity contribution in [1.82, 2.24) is 4.90 Å². The van der Waals surface area contributed by atoms with Crippen molar-refractivity contribution in [3.05, 3.63) is 57.6 Å². The fourth-order valence-electron chi connectivity index (χ4n) is 3.45. The number of aliphatic hydroxyl groups is 1. The third kappa shape index (κ3) is 4.55. The van der Waals surface area contributed by atoms with Crippen LogP contribution in [0.15, 0.2) is 36.4 Å². The minimum Gasteiger partial charge on any atom is -0.433 e. The Balaban J connectivity index is 1.73. The predicted octanol–water partition coefficient (Wildman–Crippen LogP) is 4.12. The minimum absolute atomic E-state index is 0.0890. The summed E-state index contributed by atoms with van der Waals surface area (Å²) >= 11 is 12.3. The van der Waals surface area contributed by atoms with E-state index in [1.165, 1.54) is 18.2 Å². The maximum absolute atomic E-state index is 12.5. The highest BCUT2D eigenvalue weighted by Gasteiger charge is 2.36. The van der Waals surface area contributed by atoms with Crippen LogP contribution < -0.4 is 10.1 Å². The van der Waals surface area contributed by atoms with E-state index in [1.807, 2.05) is 0 Å². The van der Waals surface area contributed by atoms with Gasteiger partial charge in [0.15, 0.2) is 0 Å². The summed E-state index contributed by atoms with van der Waals surface area (Å²) < 4.78 is 29.4. The number of aliphatic hydroxyl groups excluding tert-OH is 1. The summed E-state index contributed by atoms with van der Waals surface area (Å²) in [4.78, 5) is 14.1. The van der Waals surface area contributed by atoms with Crippen LogP contribution in [0.5, 0.6) is 5.75 Å². The van der Waals surface area contributed by atoms with Gasteiger partial charge >= 0.3 is 6.61 Å². The highest BCUT2D eigenvalue weighted by molar-refractivity contribution is 6.35. The van der Waals surface area contributed by atoms with Gasteiger partial charge in [0.2, 0.25) is 5.91 Å². The Morgan fingerprint density at radius 2 is 2.07 bits per heavy atom. The standard InChI is InChI=1S/C19H18Cl2F2N2O3/c1-25(18-12-6-10(20)7-13(21)11(12)8-15(18)26)9-17(27)24-14-4-2-3-5-16(14)28-19(22)23/h2-7,15,18-19,26H,8-9H2,1H3,(H,24,27)/t15-,18-/m0/s1. The summed E-state index contributed by atoms with van der Waals surface area (Å²) in [6.07, 6.45) is -0.397. The van der Waals surface area contributed by atoms with Gasteiger partial charge in [-0.05, 0) is 42.4 Å². The van der Waals surface area contributed by atoms with Gasteiger partial charge in [-0.3, -0.25) is 9.69 Å². The van der Waals surface area contributed by atoms with Crippen LogP contribution >= 0.6 is 23.2 Å². The van der Waals surface area contributed by atoms with Crippen molar-refractivity contribution in [2.24, 2.45) is 0 Å². The average Bonchev–Trinajstić information content (AvgIpc) is 2.92. The zero-order valence-electron chi connectivity index (χ0n) is 14.8. The van der Waals surface area contributed by atoms with Crippen LogP contribution in [0.4, 0.5) is 14.5 Å². The van der Waals surface area contributed by atoms with Gasteiger partial charge in [-0.15, -0.1) is 0 Å². The van der Waals surface area contributed by atoms with Gasteiger partial charge in [-0.25, -0.2) is 0 Å². The molecule has 1 aliphatic carbocycles. The molecule has 0 bridgehead atoms. The molecule has 0 fully saturated rings. The molecule has 0 heterocycles. The van der Waals surface area contributed by atoms with Crippen molar-refractivity contribution in [3.8, 4) is 5.75 Å². The molecule has 0 aromatic heterocycles. The lowest BCUT2D eigenvalue weighted by atomic mass is 10.1. The number of ether oxygens (including phenoxy) is 1. The van der Waals surface area contributed by atoms with E-state index in [-0.39, 0.29) is 18.0 Å². The number of anilines is 1. The van der Waals surface area contributed by atoms with E-state index >= 15 is 0 Å². The van der Waals surface area contributed by atoms with Crippen LogP contribution in [-0.2, 0) is 11.2 Å². The third-order valence-corrected chi connectivity index (χ3v) is 5.09. The number of benzene rings is 2. The van der Waals surface area contributed by atoms with Crippen LogP contribution in [0, 0.1) is 0 Å². The number of fused-ring (bicyclic) bond motifs is 1. The second kappa shape index (κ2) is 8.61. The molecule has 0 radical (unpaired) electrons. The molecule has 0 unspecified atom stereocenters. The third-order valence-electron chi connectivity index (χ3n) is 4.54. The van der Waals surface area contributed by atoms with Gasteiger partial charge in [0, 0.05) is 16.5 Å². The number of amides is 1.